The molecule has 118 valence electrons. The Morgan fingerprint density at radius 2 is 2.14 bits per heavy atom. The lowest BCUT2D eigenvalue weighted by atomic mass is 9.95. The van der Waals surface area contributed by atoms with Crippen molar-refractivity contribution in [3.8, 4) is 0 Å². The van der Waals surface area contributed by atoms with Gasteiger partial charge in [0.2, 0.25) is 0 Å². The number of guanidine groups is 1. The van der Waals surface area contributed by atoms with Crippen LogP contribution in [0.5, 0.6) is 0 Å². The van der Waals surface area contributed by atoms with Crippen LogP contribution >= 0.6 is 24.0 Å². The van der Waals surface area contributed by atoms with E-state index in [9.17, 15) is 4.39 Å². The molecule has 4 nitrogen and oxygen atoms in total. The lowest BCUT2D eigenvalue weighted by molar-refractivity contribution is 0.179. The maximum Gasteiger partial charge on any atom is 0.188 e. The number of nitrogens with two attached hydrogens (primary N) is 1. The fourth-order valence-electron chi connectivity index (χ4n) is 2.38. The Balaban J connectivity index is 0.00000220. The number of halogens is 2. The minimum Gasteiger partial charge on any atom is -0.383 e. The van der Waals surface area contributed by atoms with Crippen molar-refractivity contribution in [1.29, 1.82) is 0 Å². The lowest BCUT2D eigenvalue weighted by Crippen LogP contribution is -2.41. The van der Waals surface area contributed by atoms with E-state index in [1.807, 2.05) is 19.1 Å². The lowest BCUT2D eigenvalue weighted by Gasteiger charge is -2.16. The summed E-state index contributed by atoms with van der Waals surface area (Å²) >= 11 is 0. The van der Waals surface area contributed by atoms with E-state index in [1.165, 1.54) is 6.07 Å². The molecular weight excluding hydrogens is 384 g/mol. The first-order valence-electron chi connectivity index (χ1n) is 6.88. The van der Waals surface area contributed by atoms with Crippen molar-refractivity contribution in [3.05, 3.63) is 35.6 Å². The van der Waals surface area contributed by atoms with Crippen molar-refractivity contribution >= 4 is 29.9 Å². The van der Waals surface area contributed by atoms with Crippen molar-refractivity contribution in [2.24, 2.45) is 10.7 Å². The number of aliphatic imine (C=N–C) groups is 1. The van der Waals surface area contributed by atoms with Gasteiger partial charge in [-0.3, -0.25) is 4.99 Å². The Morgan fingerprint density at radius 1 is 1.48 bits per heavy atom. The normalized spacial score (nSPS) is 17.8. The first-order valence-corrected chi connectivity index (χ1v) is 6.88. The second-order valence-corrected chi connectivity index (χ2v) is 5.46. The summed E-state index contributed by atoms with van der Waals surface area (Å²) < 4.78 is 18.9. The molecule has 0 bridgehead atoms. The average Bonchev–Trinajstić information content (AvgIpc) is 3.18. The molecule has 0 saturated heterocycles. The minimum atomic E-state index is -0.165. The number of hydrogen-bond donors (Lipinski definition) is 2. The van der Waals surface area contributed by atoms with Gasteiger partial charge < -0.3 is 15.8 Å². The molecule has 1 saturated carbocycles. The van der Waals surface area contributed by atoms with Gasteiger partial charge in [-0.05, 0) is 31.4 Å². The third-order valence-corrected chi connectivity index (χ3v) is 3.66. The molecule has 0 amide bonds. The third kappa shape index (κ3) is 4.81. The Labute approximate surface area is 142 Å². The Morgan fingerprint density at radius 3 is 2.71 bits per heavy atom. The third-order valence-electron chi connectivity index (χ3n) is 3.66. The molecule has 1 fully saturated rings. The summed E-state index contributed by atoms with van der Waals surface area (Å²) in [5, 5.41) is 3.06. The molecule has 1 unspecified atom stereocenters. The maximum absolute atomic E-state index is 13.8. The smallest absolute Gasteiger partial charge is 0.188 e. The number of hydrogen-bond acceptors (Lipinski definition) is 2. The molecule has 0 radical (unpaired) electrons. The second-order valence-electron chi connectivity index (χ2n) is 5.46. The standard InChI is InChI=1S/C15H22FN3O.HI/c1-11(9-20-2)19-14(17)18-10-15(7-8-15)12-5-3-4-6-13(12)16;/h3-6,11H,7-10H2,1-2H3,(H3,17,18,19);1H. The van der Waals surface area contributed by atoms with E-state index in [0.717, 1.165) is 18.4 Å². The highest BCUT2D eigenvalue weighted by Crippen LogP contribution is 2.49. The highest BCUT2D eigenvalue weighted by atomic mass is 127. The van der Waals surface area contributed by atoms with Crippen molar-refractivity contribution in [2.45, 2.75) is 31.2 Å². The Bertz CT molecular complexity index is 492. The monoisotopic (exact) mass is 407 g/mol. The van der Waals surface area contributed by atoms with Gasteiger partial charge in [-0.2, -0.15) is 0 Å². The molecule has 0 heterocycles. The number of benzene rings is 1. The molecule has 0 spiro atoms. The van der Waals surface area contributed by atoms with Gasteiger partial charge in [0.25, 0.3) is 0 Å². The zero-order valence-corrected chi connectivity index (χ0v) is 14.8. The summed E-state index contributed by atoms with van der Waals surface area (Å²) in [6.07, 6.45) is 1.91. The van der Waals surface area contributed by atoms with Crippen molar-refractivity contribution in [3.63, 3.8) is 0 Å². The molecule has 1 aromatic rings. The Hall–Kier alpha value is -0.890. The highest BCUT2D eigenvalue weighted by molar-refractivity contribution is 14.0. The van der Waals surface area contributed by atoms with E-state index in [1.54, 1.807) is 13.2 Å². The zero-order chi connectivity index (χ0) is 14.6. The van der Waals surface area contributed by atoms with E-state index < -0.39 is 0 Å². The summed E-state index contributed by atoms with van der Waals surface area (Å²) in [6, 6.07) is 7.02. The summed E-state index contributed by atoms with van der Waals surface area (Å²) in [6.45, 7) is 3.05. The zero-order valence-electron chi connectivity index (χ0n) is 12.4. The molecule has 0 aromatic heterocycles. The molecule has 3 N–H and O–H groups in total. The number of nitrogens with zero attached hydrogens (tertiary/aromatic N) is 1. The number of rotatable bonds is 6. The fourth-order valence-corrected chi connectivity index (χ4v) is 2.38. The molecule has 1 aromatic carbocycles. The topological polar surface area (TPSA) is 59.6 Å². The van der Waals surface area contributed by atoms with Crippen LogP contribution in [0.25, 0.3) is 0 Å². The van der Waals surface area contributed by atoms with E-state index >= 15 is 0 Å². The fraction of sp³-hybridized carbons (Fsp3) is 0.533. The second kappa shape index (κ2) is 7.93. The number of ether oxygens (including phenoxy) is 1. The minimum absolute atomic E-state index is 0. The molecule has 2 rings (SSSR count). The van der Waals surface area contributed by atoms with Gasteiger partial charge in [-0.1, -0.05) is 18.2 Å². The Kier molecular flexibility index (Phi) is 6.86. The molecule has 1 atom stereocenters. The van der Waals surface area contributed by atoms with E-state index in [0.29, 0.717) is 19.1 Å². The van der Waals surface area contributed by atoms with Crippen LogP contribution < -0.4 is 11.1 Å². The summed E-state index contributed by atoms with van der Waals surface area (Å²) in [4.78, 5) is 4.36. The van der Waals surface area contributed by atoms with Crippen LogP contribution in [0.1, 0.15) is 25.3 Å². The highest BCUT2D eigenvalue weighted by Gasteiger charge is 2.45. The van der Waals surface area contributed by atoms with Gasteiger partial charge in [0.05, 0.1) is 13.2 Å². The number of methoxy groups -OCH3 is 1. The SMILES string of the molecule is COCC(C)NC(N)=NCC1(c2ccccc2F)CC1.I. The predicted molar refractivity (Wildman–Crippen MR) is 93.7 cm³/mol. The van der Waals surface area contributed by atoms with E-state index in [2.05, 4.69) is 10.3 Å². The number of nitrogens with one attached hydrogen (secondary N) is 1. The van der Waals surface area contributed by atoms with E-state index in [4.69, 9.17) is 10.5 Å². The largest absolute Gasteiger partial charge is 0.383 e. The quantitative estimate of drug-likeness (QED) is 0.433. The van der Waals surface area contributed by atoms with Gasteiger partial charge >= 0.3 is 0 Å². The molecule has 1 aliphatic carbocycles. The first kappa shape index (κ1) is 18.2. The van der Waals surface area contributed by atoms with Gasteiger partial charge in [-0.25, -0.2) is 4.39 Å². The predicted octanol–water partition coefficient (Wildman–Crippen LogP) is 2.41. The van der Waals surface area contributed by atoms with Crippen molar-refractivity contribution in [2.75, 3.05) is 20.3 Å². The van der Waals surface area contributed by atoms with Crippen LogP contribution in [0.4, 0.5) is 4.39 Å². The average molecular weight is 407 g/mol. The molecule has 1 aliphatic rings. The van der Waals surface area contributed by atoms with Crippen LogP contribution in [-0.4, -0.2) is 32.3 Å². The van der Waals surface area contributed by atoms with Crippen LogP contribution in [0, 0.1) is 5.82 Å². The summed E-state index contributed by atoms with van der Waals surface area (Å²) in [5.41, 5.74) is 6.43. The maximum atomic E-state index is 13.8. The van der Waals surface area contributed by atoms with Crippen molar-refractivity contribution in [1.82, 2.24) is 5.32 Å². The van der Waals surface area contributed by atoms with Gasteiger partial charge in [0.15, 0.2) is 5.96 Å². The first-order chi connectivity index (χ1) is 9.57. The van der Waals surface area contributed by atoms with Crippen LogP contribution in [0.3, 0.4) is 0 Å². The van der Waals surface area contributed by atoms with Crippen molar-refractivity contribution < 1.29 is 9.13 Å². The van der Waals surface area contributed by atoms with Crippen LogP contribution in [0.2, 0.25) is 0 Å². The van der Waals surface area contributed by atoms with Gasteiger partial charge in [0.1, 0.15) is 5.82 Å². The van der Waals surface area contributed by atoms with E-state index in [-0.39, 0.29) is 41.3 Å². The van der Waals surface area contributed by atoms with Gasteiger partial charge in [-0.15, -0.1) is 24.0 Å². The molecule has 21 heavy (non-hydrogen) atoms. The summed E-state index contributed by atoms with van der Waals surface area (Å²) in [5.74, 6) is 0.233. The van der Waals surface area contributed by atoms with Gasteiger partial charge in [0, 0.05) is 18.6 Å². The molecular formula is C15H23FIN3O. The van der Waals surface area contributed by atoms with Crippen LogP contribution in [-0.2, 0) is 10.2 Å². The molecule has 0 aliphatic heterocycles. The molecule has 6 heteroatoms. The van der Waals surface area contributed by atoms with Crippen LogP contribution in [0.15, 0.2) is 29.3 Å². The summed E-state index contributed by atoms with van der Waals surface area (Å²) in [7, 11) is 1.64.